The molecule has 0 bridgehead atoms. The third-order valence-electron chi connectivity index (χ3n) is 2.92. The van der Waals surface area contributed by atoms with Crippen LogP contribution < -0.4 is 5.32 Å². The Balaban J connectivity index is 4.65. The lowest BCUT2D eigenvalue weighted by molar-refractivity contribution is -0.148. The summed E-state index contributed by atoms with van der Waals surface area (Å²) in [5.74, 6) is -3.06. The van der Waals surface area contributed by atoms with Crippen molar-refractivity contribution in [3.05, 3.63) is 0 Å². The maximum Gasteiger partial charge on any atom is 0.326 e. The fourth-order valence-corrected chi connectivity index (χ4v) is 1.85. The summed E-state index contributed by atoms with van der Waals surface area (Å²) >= 11 is 0. The molecule has 0 aromatic carbocycles. The third-order valence-corrected chi connectivity index (χ3v) is 2.92. The molecule has 0 spiro atoms. The van der Waals surface area contributed by atoms with Crippen LogP contribution in [0.25, 0.3) is 0 Å². The summed E-state index contributed by atoms with van der Waals surface area (Å²) in [6.45, 7) is 7.08. The zero-order valence-electron chi connectivity index (χ0n) is 13.0. The molecule has 122 valence electrons. The molecule has 0 saturated carbocycles. The largest absolute Gasteiger partial charge is 0.480 e. The molecular formula is C14H25NO6. The van der Waals surface area contributed by atoms with E-state index >= 15 is 0 Å². The Kier molecular flexibility index (Phi) is 8.61. The number of hydrogen-bond acceptors (Lipinski definition) is 5. The van der Waals surface area contributed by atoms with Crippen LogP contribution in [0.2, 0.25) is 0 Å². The van der Waals surface area contributed by atoms with E-state index in [9.17, 15) is 19.5 Å². The molecule has 7 heteroatoms. The van der Waals surface area contributed by atoms with Crippen molar-refractivity contribution in [1.29, 1.82) is 0 Å². The number of nitrogens with one attached hydrogen (secondary N) is 1. The minimum Gasteiger partial charge on any atom is -0.480 e. The normalized spacial score (nSPS) is 15.1. The lowest BCUT2D eigenvalue weighted by Crippen LogP contribution is -2.49. The lowest BCUT2D eigenvalue weighted by Gasteiger charge is -2.22. The summed E-state index contributed by atoms with van der Waals surface area (Å²) in [5.41, 5.74) is 0. The van der Waals surface area contributed by atoms with Crippen molar-refractivity contribution < 1.29 is 29.3 Å². The van der Waals surface area contributed by atoms with Crippen molar-refractivity contribution >= 4 is 17.8 Å². The van der Waals surface area contributed by atoms with Gasteiger partial charge in [0.25, 0.3) is 0 Å². The Bertz CT molecular complexity index is 368. The second kappa shape index (κ2) is 9.33. The SMILES string of the molecule is CCOC(=O)C[C@@H](C)[C@H](NC(=O)[C@@H](O)CC(C)C)C(=O)O. The molecule has 3 atom stereocenters. The van der Waals surface area contributed by atoms with Gasteiger partial charge in [-0.15, -0.1) is 0 Å². The number of carbonyl (C=O) groups excluding carboxylic acids is 2. The molecule has 0 aliphatic rings. The van der Waals surface area contributed by atoms with Crippen LogP contribution in [0.15, 0.2) is 0 Å². The molecular weight excluding hydrogens is 278 g/mol. The first kappa shape index (κ1) is 19.4. The molecule has 0 heterocycles. The number of carboxylic acids is 1. The van der Waals surface area contributed by atoms with Gasteiger partial charge >= 0.3 is 11.9 Å². The van der Waals surface area contributed by atoms with E-state index in [2.05, 4.69) is 5.32 Å². The molecule has 0 fully saturated rings. The number of amides is 1. The van der Waals surface area contributed by atoms with Crippen molar-refractivity contribution in [2.45, 2.75) is 52.7 Å². The summed E-state index contributed by atoms with van der Waals surface area (Å²) in [6.07, 6.45) is -1.14. The summed E-state index contributed by atoms with van der Waals surface area (Å²) in [6, 6.07) is -1.25. The molecule has 1 amide bonds. The Morgan fingerprint density at radius 2 is 1.76 bits per heavy atom. The summed E-state index contributed by atoms with van der Waals surface area (Å²) in [5, 5.41) is 21.1. The van der Waals surface area contributed by atoms with E-state index in [1.807, 2.05) is 13.8 Å². The van der Waals surface area contributed by atoms with Crippen molar-refractivity contribution in [3.63, 3.8) is 0 Å². The Labute approximate surface area is 124 Å². The zero-order chi connectivity index (χ0) is 16.6. The van der Waals surface area contributed by atoms with Gasteiger partial charge in [-0.3, -0.25) is 9.59 Å². The highest BCUT2D eigenvalue weighted by atomic mass is 16.5. The molecule has 0 aromatic heterocycles. The maximum absolute atomic E-state index is 11.8. The summed E-state index contributed by atoms with van der Waals surface area (Å²) in [7, 11) is 0. The van der Waals surface area contributed by atoms with E-state index in [0.29, 0.717) is 0 Å². The van der Waals surface area contributed by atoms with E-state index in [1.54, 1.807) is 6.92 Å². The van der Waals surface area contributed by atoms with E-state index in [0.717, 1.165) is 0 Å². The number of carboxylic acid groups (broad SMARTS) is 1. The topological polar surface area (TPSA) is 113 Å². The lowest BCUT2D eigenvalue weighted by atomic mass is 9.97. The van der Waals surface area contributed by atoms with E-state index in [-0.39, 0.29) is 25.4 Å². The minimum atomic E-state index is -1.26. The predicted molar refractivity (Wildman–Crippen MR) is 75.4 cm³/mol. The van der Waals surface area contributed by atoms with E-state index in [4.69, 9.17) is 9.84 Å². The molecule has 0 saturated heterocycles. The first-order valence-electron chi connectivity index (χ1n) is 7.05. The smallest absolute Gasteiger partial charge is 0.326 e. The molecule has 0 rings (SSSR count). The number of ether oxygens (including phenoxy) is 1. The van der Waals surface area contributed by atoms with E-state index in [1.165, 1.54) is 6.92 Å². The van der Waals surface area contributed by atoms with Gasteiger partial charge in [-0.05, 0) is 25.2 Å². The van der Waals surface area contributed by atoms with Crippen molar-refractivity contribution in [1.82, 2.24) is 5.32 Å². The van der Waals surface area contributed by atoms with Crippen LogP contribution in [-0.2, 0) is 19.1 Å². The van der Waals surface area contributed by atoms with Crippen LogP contribution in [0.5, 0.6) is 0 Å². The summed E-state index contributed by atoms with van der Waals surface area (Å²) in [4.78, 5) is 34.3. The number of aliphatic carboxylic acids is 1. The molecule has 0 unspecified atom stereocenters. The highest BCUT2D eigenvalue weighted by Gasteiger charge is 2.30. The van der Waals surface area contributed by atoms with Gasteiger partial charge in [-0.2, -0.15) is 0 Å². The van der Waals surface area contributed by atoms with Crippen LogP contribution in [0, 0.1) is 11.8 Å². The summed E-state index contributed by atoms with van der Waals surface area (Å²) < 4.78 is 4.75. The first-order chi connectivity index (χ1) is 9.68. The van der Waals surface area contributed by atoms with Gasteiger partial charge in [-0.25, -0.2) is 4.79 Å². The first-order valence-corrected chi connectivity index (χ1v) is 7.05. The fraction of sp³-hybridized carbons (Fsp3) is 0.786. The maximum atomic E-state index is 11.8. The van der Waals surface area contributed by atoms with Gasteiger partial charge in [0, 0.05) is 0 Å². The van der Waals surface area contributed by atoms with Gasteiger partial charge in [0.05, 0.1) is 13.0 Å². The second-order valence-corrected chi connectivity index (χ2v) is 5.46. The molecule has 0 aliphatic heterocycles. The predicted octanol–water partition coefficient (Wildman–Crippen LogP) is 0.552. The average Bonchev–Trinajstić information content (AvgIpc) is 2.34. The number of hydrogen-bond donors (Lipinski definition) is 3. The molecule has 0 aliphatic carbocycles. The molecule has 3 N–H and O–H groups in total. The van der Waals surface area contributed by atoms with Gasteiger partial charge in [0.2, 0.25) is 5.91 Å². The fourth-order valence-electron chi connectivity index (χ4n) is 1.85. The number of rotatable bonds is 9. The highest BCUT2D eigenvalue weighted by Crippen LogP contribution is 2.12. The quantitative estimate of drug-likeness (QED) is 0.536. The van der Waals surface area contributed by atoms with Crippen LogP contribution >= 0.6 is 0 Å². The van der Waals surface area contributed by atoms with Gasteiger partial charge in [0.1, 0.15) is 12.1 Å². The van der Waals surface area contributed by atoms with Crippen LogP contribution in [0.3, 0.4) is 0 Å². The van der Waals surface area contributed by atoms with E-state index < -0.39 is 35.9 Å². The number of aliphatic hydroxyl groups excluding tert-OH is 1. The van der Waals surface area contributed by atoms with Gasteiger partial charge in [0.15, 0.2) is 0 Å². The van der Waals surface area contributed by atoms with Gasteiger partial charge in [-0.1, -0.05) is 20.8 Å². The molecule has 0 aromatic rings. The highest BCUT2D eigenvalue weighted by molar-refractivity contribution is 5.86. The Hall–Kier alpha value is -1.63. The monoisotopic (exact) mass is 303 g/mol. The van der Waals surface area contributed by atoms with Crippen LogP contribution in [0.4, 0.5) is 0 Å². The third kappa shape index (κ3) is 7.65. The molecule has 7 nitrogen and oxygen atoms in total. The Morgan fingerprint density at radius 3 is 2.19 bits per heavy atom. The van der Waals surface area contributed by atoms with Crippen LogP contribution in [0.1, 0.15) is 40.5 Å². The van der Waals surface area contributed by atoms with Crippen molar-refractivity contribution in [2.75, 3.05) is 6.61 Å². The molecule has 0 radical (unpaired) electrons. The minimum absolute atomic E-state index is 0.103. The van der Waals surface area contributed by atoms with Crippen LogP contribution in [-0.4, -0.2) is 46.8 Å². The second-order valence-electron chi connectivity index (χ2n) is 5.46. The standard InChI is InChI=1S/C14H25NO6/c1-5-21-11(17)7-9(4)12(14(19)20)15-13(18)10(16)6-8(2)3/h8-10,12,16H,5-7H2,1-4H3,(H,15,18)(H,19,20)/t9-,10+,12+/m1/s1. The Morgan fingerprint density at radius 1 is 1.19 bits per heavy atom. The zero-order valence-corrected chi connectivity index (χ0v) is 13.0. The number of carbonyl (C=O) groups is 3. The number of esters is 1. The van der Waals surface area contributed by atoms with Gasteiger partial charge < -0.3 is 20.3 Å². The van der Waals surface area contributed by atoms with Crippen molar-refractivity contribution in [3.8, 4) is 0 Å². The number of aliphatic hydroxyl groups is 1. The molecule has 21 heavy (non-hydrogen) atoms. The average molecular weight is 303 g/mol. The van der Waals surface area contributed by atoms with Crippen molar-refractivity contribution in [2.24, 2.45) is 11.8 Å².